The van der Waals surface area contributed by atoms with Gasteiger partial charge >= 0.3 is 0 Å². The summed E-state index contributed by atoms with van der Waals surface area (Å²) in [5.74, 6) is 0. The molecule has 58 valence electrons. The highest BCUT2D eigenvalue weighted by Gasteiger charge is 2.02. The Kier molecular flexibility index (Phi) is 1.81. The minimum absolute atomic E-state index is 0.0715. The molecule has 0 saturated carbocycles. The van der Waals surface area contributed by atoms with E-state index in [1.54, 1.807) is 18.8 Å². The summed E-state index contributed by atoms with van der Waals surface area (Å²) in [4.78, 5) is 11.0. The molecule has 4 nitrogen and oxygen atoms in total. The summed E-state index contributed by atoms with van der Waals surface area (Å²) in [5.41, 5.74) is 0.678. The fourth-order valence-electron chi connectivity index (χ4n) is 0.916. The standard InChI is InChI=1S/C7H9N3O/c1-9-6(3-4-8)5-7(11)10(9)2/h5H,3H2,1-2H3. The number of nitriles is 1. The Morgan fingerprint density at radius 3 is 2.55 bits per heavy atom. The molecular weight excluding hydrogens is 142 g/mol. The van der Waals surface area contributed by atoms with Gasteiger partial charge in [0.15, 0.2) is 0 Å². The van der Waals surface area contributed by atoms with Crippen molar-refractivity contribution in [1.29, 1.82) is 5.26 Å². The maximum Gasteiger partial charge on any atom is 0.266 e. The van der Waals surface area contributed by atoms with Gasteiger partial charge in [-0.05, 0) is 0 Å². The molecule has 0 amide bonds. The van der Waals surface area contributed by atoms with Crippen LogP contribution in [0.2, 0.25) is 0 Å². The summed E-state index contributed by atoms with van der Waals surface area (Å²) in [6.07, 6.45) is 0.284. The van der Waals surface area contributed by atoms with E-state index in [-0.39, 0.29) is 12.0 Å². The van der Waals surface area contributed by atoms with Crippen LogP contribution < -0.4 is 5.56 Å². The summed E-state index contributed by atoms with van der Waals surface area (Å²) in [7, 11) is 3.43. The molecule has 1 heterocycles. The fraction of sp³-hybridized carbons (Fsp3) is 0.429. The van der Waals surface area contributed by atoms with Crippen LogP contribution in [0, 0.1) is 11.3 Å². The van der Waals surface area contributed by atoms with Crippen molar-refractivity contribution in [3.05, 3.63) is 22.1 Å². The quantitative estimate of drug-likeness (QED) is 0.557. The normalized spacial score (nSPS) is 9.55. The van der Waals surface area contributed by atoms with E-state index in [1.807, 2.05) is 6.07 Å². The zero-order chi connectivity index (χ0) is 8.43. The van der Waals surface area contributed by atoms with Gasteiger partial charge in [-0.25, -0.2) is 0 Å². The highest BCUT2D eigenvalue weighted by atomic mass is 16.1. The van der Waals surface area contributed by atoms with E-state index in [0.29, 0.717) is 0 Å². The Hall–Kier alpha value is -1.50. The SMILES string of the molecule is Cn1c(CC#N)cc(=O)n1C. The van der Waals surface area contributed by atoms with Gasteiger partial charge in [-0.1, -0.05) is 0 Å². The maximum absolute atomic E-state index is 11.0. The zero-order valence-corrected chi connectivity index (χ0v) is 6.53. The molecular formula is C7H9N3O. The molecule has 1 aromatic rings. The van der Waals surface area contributed by atoms with E-state index in [0.717, 1.165) is 5.69 Å². The molecule has 0 aliphatic carbocycles. The first-order valence-electron chi connectivity index (χ1n) is 3.25. The van der Waals surface area contributed by atoms with Crippen molar-refractivity contribution in [3.63, 3.8) is 0 Å². The summed E-state index contributed by atoms with van der Waals surface area (Å²) in [5, 5.41) is 8.37. The summed E-state index contributed by atoms with van der Waals surface area (Å²) < 4.78 is 3.14. The van der Waals surface area contributed by atoms with Gasteiger partial charge in [-0.15, -0.1) is 0 Å². The predicted octanol–water partition coefficient (Wildman–Crippen LogP) is -0.210. The molecule has 0 unspecified atom stereocenters. The molecule has 1 rings (SSSR count). The van der Waals surface area contributed by atoms with Crippen LogP contribution in [0.5, 0.6) is 0 Å². The van der Waals surface area contributed by atoms with Gasteiger partial charge in [0.05, 0.1) is 18.2 Å². The Morgan fingerprint density at radius 1 is 1.55 bits per heavy atom. The molecule has 0 N–H and O–H groups in total. The number of nitrogens with zero attached hydrogens (tertiary/aromatic N) is 3. The highest BCUT2D eigenvalue weighted by molar-refractivity contribution is 5.06. The molecule has 0 fully saturated rings. The molecule has 4 heteroatoms. The fourth-order valence-corrected chi connectivity index (χ4v) is 0.916. The first-order valence-corrected chi connectivity index (χ1v) is 3.25. The lowest BCUT2D eigenvalue weighted by Gasteiger charge is -2.00. The van der Waals surface area contributed by atoms with Crippen molar-refractivity contribution in [1.82, 2.24) is 9.36 Å². The van der Waals surface area contributed by atoms with Crippen molar-refractivity contribution in [2.75, 3.05) is 0 Å². The molecule has 0 saturated heterocycles. The number of aromatic nitrogens is 2. The Bertz CT molecular complexity index is 353. The van der Waals surface area contributed by atoms with Crippen LogP contribution >= 0.6 is 0 Å². The molecule has 11 heavy (non-hydrogen) atoms. The smallest absolute Gasteiger partial charge is 0.266 e. The summed E-state index contributed by atoms with van der Waals surface area (Å²) >= 11 is 0. The number of rotatable bonds is 1. The van der Waals surface area contributed by atoms with E-state index < -0.39 is 0 Å². The van der Waals surface area contributed by atoms with E-state index in [9.17, 15) is 4.79 Å². The van der Waals surface area contributed by atoms with Gasteiger partial charge in [0.2, 0.25) is 0 Å². The van der Waals surface area contributed by atoms with Crippen molar-refractivity contribution in [3.8, 4) is 6.07 Å². The maximum atomic E-state index is 11.0. The number of hydrogen-bond donors (Lipinski definition) is 0. The second kappa shape index (κ2) is 2.62. The minimum Gasteiger partial charge on any atom is -0.289 e. The zero-order valence-electron chi connectivity index (χ0n) is 6.53. The number of hydrogen-bond acceptors (Lipinski definition) is 2. The van der Waals surface area contributed by atoms with Crippen molar-refractivity contribution in [2.45, 2.75) is 6.42 Å². The van der Waals surface area contributed by atoms with Crippen LogP contribution in [-0.2, 0) is 20.5 Å². The molecule has 0 aliphatic heterocycles. The van der Waals surface area contributed by atoms with Crippen LogP contribution in [0.25, 0.3) is 0 Å². The van der Waals surface area contributed by atoms with E-state index in [2.05, 4.69) is 0 Å². The van der Waals surface area contributed by atoms with Gasteiger partial charge in [0, 0.05) is 20.2 Å². The molecule has 0 bridgehead atoms. The van der Waals surface area contributed by atoms with Crippen molar-refractivity contribution in [2.24, 2.45) is 14.1 Å². The second-order valence-corrected chi connectivity index (χ2v) is 2.36. The first-order chi connectivity index (χ1) is 5.16. The van der Waals surface area contributed by atoms with Crippen LogP contribution in [0.4, 0.5) is 0 Å². The van der Waals surface area contributed by atoms with Gasteiger partial charge in [-0.3, -0.25) is 14.2 Å². The molecule has 0 aromatic carbocycles. The van der Waals surface area contributed by atoms with Crippen molar-refractivity contribution >= 4 is 0 Å². The summed E-state index contributed by atoms with van der Waals surface area (Å²) in [6.45, 7) is 0. The van der Waals surface area contributed by atoms with E-state index in [4.69, 9.17) is 5.26 Å². The van der Waals surface area contributed by atoms with Crippen LogP contribution in [0.1, 0.15) is 5.69 Å². The molecule has 1 aromatic heterocycles. The second-order valence-electron chi connectivity index (χ2n) is 2.36. The lowest BCUT2D eigenvalue weighted by molar-refractivity contribution is 0.562. The van der Waals surface area contributed by atoms with Crippen LogP contribution in [0.15, 0.2) is 10.9 Å². The molecule has 0 radical (unpaired) electrons. The summed E-state index contributed by atoms with van der Waals surface area (Å²) in [6, 6.07) is 3.47. The Morgan fingerprint density at radius 2 is 2.18 bits per heavy atom. The Labute approximate surface area is 64.3 Å². The van der Waals surface area contributed by atoms with Crippen molar-refractivity contribution < 1.29 is 0 Å². The topological polar surface area (TPSA) is 50.7 Å². The Balaban J connectivity index is 3.21. The third-order valence-electron chi connectivity index (χ3n) is 1.73. The largest absolute Gasteiger partial charge is 0.289 e. The van der Waals surface area contributed by atoms with E-state index >= 15 is 0 Å². The van der Waals surface area contributed by atoms with Gasteiger partial charge in [0.25, 0.3) is 5.56 Å². The van der Waals surface area contributed by atoms with Gasteiger partial charge in [0.1, 0.15) is 0 Å². The molecule has 0 aliphatic rings. The third kappa shape index (κ3) is 1.17. The lowest BCUT2D eigenvalue weighted by Crippen LogP contribution is -2.16. The van der Waals surface area contributed by atoms with Gasteiger partial charge < -0.3 is 0 Å². The predicted molar refractivity (Wildman–Crippen MR) is 40.0 cm³/mol. The third-order valence-corrected chi connectivity index (χ3v) is 1.73. The average Bonchev–Trinajstić information content (AvgIpc) is 2.19. The van der Waals surface area contributed by atoms with E-state index in [1.165, 1.54) is 10.7 Å². The highest BCUT2D eigenvalue weighted by Crippen LogP contribution is 1.93. The van der Waals surface area contributed by atoms with Gasteiger partial charge in [-0.2, -0.15) is 5.26 Å². The molecule has 0 spiro atoms. The van der Waals surface area contributed by atoms with Crippen LogP contribution in [-0.4, -0.2) is 9.36 Å². The molecule has 0 atom stereocenters. The average molecular weight is 151 g/mol. The first kappa shape index (κ1) is 7.61. The van der Waals surface area contributed by atoms with Crippen LogP contribution in [0.3, 0.4) is 0 Å². The monoisotopic (exact) mass is 151 g/mol. The lowest BCUT2D eigenvalue weighted by atomic mass is 10.3. The minimum atomic E-state index is -0.0715.